The number of rotatable bonds is 5. The van der Waals surface area contributed by atoms with E-state index in [4.69, 9.17) is 10.5 Å². The highest BCUT2D eigenvalue weighted by molar-refractivity contribution is 5.75. The van der Waals surface area contributed by atoms with Gasteiger partial charge in [-0.3, -0.25) is 4.99 Å². The lowest BCUT2D eigenvalue weighted by atomic mass is 9.78. The molecule has 1 saturated carbocycles. The lowest BCUT2D eigenvalue weighted by Gasteiger charge is -2.37. The lowest BCUT2D eigenvalue weighted by Crippen LogP contribution is -2.50. The maximum Gasteiger partial charge on any atom is 0.130 e. The average molecular weight is 194 g/mol. The third-order valence-electron chi connectivity index (χ3n) is 2.32. The second kappa shape index (κ2) is 4.42. The van der Waals surface area contributed by atoms with Gasteiger partial charge in [0.2, 0.25) is 0 Å². The molecule has 0 aromatic heterocycles. The average Bonchev–Trinajstić information content (AvgIpc) is 2.08. The summed E-state index contributed by atoms with van der Waals surface area (Å²) in [5, 5.41) is 0. The van der Waals surface area contributed by atoms with Gasteiger partial charge in [0.15, 0.2) is 0 Å². The van der Waals surface area contributed by atoms with Crippen molar-refractivity contribution in [3.8, 4) is 0 Å². The molecule has 14 heavy (non-hydrogen) atoms. The summed E-state index contributed by atoms with van der Waals surface area (Å²) in [6.45, 7) is 9.72. The molecule has 2 N–H and O–H groups in total. The molecule has 0 aromatic rings. The van der Waals surface area contributed by atoms with E-state index in [1.807, 2.05) is 6.92 Å². The topological polar surface area (TPSA) is 47.6 Å². The van der Waals surface area contributed by atoms with E-state index in [2.05, 4.69) is 18.2 Å². The molecule has 0 saturated heterocycles. The molecule has 0 amide bonds. The minimum atomic E-state index is -0.125. The third kappa shape index (κ3) is 3.34. The molecule has 1 fully saturated rings. The van der Waals surface area contributed by atoms with Gasteiger partial charge in [0.25, 0.3) is 0 Å². The molecule has 78 valence electrons. The molecule has 0 heterocycles. The first kappa shape index (κ1) is 11.0. The molecule has 1 rings (SSSR count). The third-order valence-corrected chi connectivity index (χ3v) is 2.32. The molecular formula is C11H18N2O. The van der Waals surface area contributed by atoms with Gasteiger partial charge in [-0.15, -0.1) is 0 Å². The van der Waals surface area contributed by atoms with Crippen LogP contribution in [-0.4, -0.2) is 18.4 Å². The van der Waals surface area contributed by atoms with Gasteiger partial charge in [-0.2, -0.15) is 0 Å². The van der Waals surface area contributed by atoms with E-state index in [1.165, 1.54) is 6.42 Å². The van der Waals surface area contributed by atoms with E-state index >= 15 is 0 Å². The molecule has 1 aliphatic carbocycles. The highest BCUT2D eigenvalue weighted by Crippen LogP contribution is 2.29. The Bertz CT molecular complexity index is 264. The van der Waals surface area contributed by atoms with Crippen LogP contribution in [0.15, 0.2) is 29.6 Å². The normalized spacial score (nSPS) is 19.0. The summed E-state index contributed by atoms with van der Waals surface area (Å²) < 4.78 is 5.39. The van der Waals surface area contributed by atoms with Crippen LogP contribution in [0.25, 0.3) is 0 Å². The number of ether oxygens (including phenoxy) is 1. The number of nitrogens with two attached hydrogens (primary N) is 1. The molecule has 0 radical (unpaired) electrons. The molecule has 0 aliphatic heterocycles. The van der Waals surface area contributed by atoms with E-state index in [0.717, 1.165) is 18.5 Å². The molecule has 3 heteroatoms. The van der Waals surface area contributed by atoms with Crippen molar-refractivity contribution in [2.24, 2.45) is 10.7 Å². The highest BCUT2D eigenvalue weighted by Gasteiger charge is 2.33. The van der Waals surface area contributed by atoms with Crippen LogP contribution in [0, 0.1) is 0 Å². The van der Waals surface area contributed by atoms with Gasteiger partial charge in [-0.25, -0.2) is 0 Å². The first-order chi connectivity index (χ1) is 6.52. The first-order valence-corrected chi connectivity index (χ1v) is 4.82. The van der Waals surface area contributed by atoms with Crippen LogP contribution in [-0.2, 0) is 4.74 Å². The Morgan fingerprint density at radius 1 is 1.57 bits per heavy atom. The molecule has 0 atom stereocenters. The molecule has 0 aromatic carbocycles. The predicted molar refractivity (Wildman–Crippen MR) is 59.2 cm³/mol. The smallest absolute Gasteiger partial charge is 0.130 e. The Morgan fingerprint density at radius 3 is 2.64 bits per heavy atom. The highest BCUT2D eigenvalue weighted by atomic mass is 16.5. The van der Waals surface area contributed by atoms with E-state index in [1.54, 1.807) is 6.21 Å². The molecular weight excluding hydrogens is 176 g/mol. The molecule has 3 nitrogen and oxygen atoms in total. The fourth-order valence-corrected chi connectivity index (χ4v) is 1.23. The minimum Gasteiger partial charge on any atom is -0.491 e. The van der Waals surface area contributed by atoms with Gasteiger partial charge in [0.05, 0.1) is 11.8 Å². The minimum absolute atomic E-state index is 0.125. The van der Waals surface area contributed by atoms with Gasteiger partial charge >= 0.3 is 0 Å². The van der Waals surface area contributed by atoms with Crippen molar-refractivity contribution in [1.29, 1.82) is 0 Å². The van der Waals surface area contributed by atoms with Crippen molar-refractivity contribution in [2.45, 2.75) is 31.7 Å². The first-order valence-electron chi connectivity index (χ1n) is 4.82. The van der Waals surface area contributed by atoms with Crippen LogP contribution >= 0.6 is 0 Å². The zero-order chi connectivity index (χ0) is 10.6. The second-order valence-corrected chi connectivity index (χ2v) is 3.96. The largest absolute Gasteiger partial charge is 0.491 e. The molecule has 1 aliphatic rings. The fourth-order valence-electron chi connectivity index (χ4n) is 1.23. The summed E-state index contributed by atoms with van der Waals surface area (Å²) in [6.07, 6.45) is 4.85. The number of hydrogen-bond acceptors (Lipinski definition) is 3. The van der Waals surface area contributed by atoms with E-state index < -0.39 is 0 Å². The maximum atomic E-state index is 5.98. The van der Waals surface area contributed by atoms with Crippen molar-refractivity contribution in [1.82, 2.24) is 0 Å². The Kier molecular flexibility index (Phi) is 3.47. The van der Waals surface area contributed by atoms with Crippen molar-refractivity contribution in [3.63, 3.8) is 0 Å². The second-order valence-electron chi connectivity index (χ2n) is 3.96. The van der Waals surface area contributed by atoms with Gasteiger partial charge in [0, 0.05) is 5.70 Å². The summed E-state index contributed by atoms with van der Waals surface area (Å²) in [7, 11) is 0. The van der Waals surface area contributed by atoms with Crippen molar-refractivity contribution in [2.75, 3.05) is 6.61 Å². The Hall–Kier alpha value is -1.09. The van der Waals surface area contributed by atoms with Crippen LogP contribution in [0.2, 0.25) is 0 Å². The Morgan fingerprint density at radius 2 is 2.21 bits per heavy atom. The van der Waals surface area contributed by atoms with Gasteiger partial charge in [-0.05, 0) is 26.2 Å². The zero-order valence-electron chi connectivity index (χ0n) is 8.75. The standard InChI is InChI=1S/C11H18N2O/c1-9(2)13-7-10(3)14-8-11(12)5-4-6-11/h7H,1,3-6,8,12H2,2H3/b13-7-. The van der Waals surface area contributed by atoms with Crippen LogP contribution in [0.4, 0.5) is 0 Å². The molecule has 0 spiro atoms. The summed E-state index contributed by atoms with van der Waals surface area (Å²) in [6, 6.07) is 0. The number of hydrogen-bond donors (Lipinski definition) is 1. The predicted octanol–water partition coefficient (Wildman–Crippen LogP) is 2.00. The van der Waals surface area contributed by atoms with Crippen LogP contribution < -0.4 is 5.73 Å². The van der Waals surface area contributed by atoms with Crippen molar-refractivity contribution >= 4 is 6.21 Å². The van der Waals surface area contributed by atoms with Crippen LogP contribution in [0.3, 0.4) is 0 Å². The van der Waals surface area contributed by atoms with E-state index in [0.29, 0.717) is 12.4 Å². The Labute approximate surface area is 85.4 Å². The Balaban J connectivity index is 2.24. The van der Waals surface area contributed by atoms with Crippen LogP contribution in [0.1, 0.15) is 26.2 Å². The summed E-state index contributed by atoms with van der Waals surface area (Å²) in [5.74, 6) is 0.546. The SMILES string of the molecule is C=C(C)/N=C\C(=C)OCC1(N)CCC1. The maximum absolute atomic E-state index is 5.98. The summed E-state index contributed by atoms with van der Waals surface area (Å²) in [5.41, 5.74) is 6.59. The van der Waals surface area contributed by atoms with Crippen molar-refractivity contribution in [3.05, 3.63) is 24.6 Å². The van der Waals surface area contributed by atoms with Gasteiger partial charge < -0.3 is 10.5 Å². The zero-order valence-corrected chi connectivity index (χ0v) is 8.75. The molecule has 0 unspecified atom stereocenters. The summed E-state index contributed by atoms with van der Waals surface area (Å²) >= 11 is 0. The van der Waals surface area contributed by atoms with E-state index in [-0.39, 0.29) is 5.54 Å². The quantitative estimate of drug-likeness (QED) is 0.537. The fraction of sp³-hybridized carbons (Fsp3) is 0.545. The van der Waals surface area contributed by atoms with Crippen molar-refractivity contribution < 1.29 is 4.74 Å². The van der Waals surface area contributed by atoms with Gasteiger partial charge in [-0.1, -0.05) is 13.2 Å². The van der Waals surface area contributed by atoms with Gasteiger partial charge in [0.1, 0.15) is 12.4 Å². The number of aliphatic imine (C=N–C) groups is 1. The monoisotopic (exact) mass is 194 g/mol. The summed E-state index contributed by atoms with van der Waals surface area (Å²) in [4.78, 5) is 3.98. The number of allylic oxidation sites excluding steroid dienone is 2. The number of nitrogens with zero attached hydrogens (tertiary/aromatic N) is 1. The van der Waals surface area contributed by atoms with Crippen LogP contribution in [0.5, 0.6) is 0 Å². The van der Waals surface area contributed by atoms with E-state index in [9.17, 15) is 0 Å². The lowest BCUT2D eigenvalue weighted by molar-refractivity contribution is 0.103. The molecule has 0 bridgehead atoms.